The van der Waals surface area contributed by atoms with Crippen LogP contribution in [-0.4, -0.2) is 33.3 Å². The molecule has 1 aromatic carbocycles. The average molecular weight is 286 g/mol. The Morgan fingerprint density at radius 3 is 2.58 bits per heavy atom. The minimum Gasteiger partial charge on any atom is -0.400 e. The Balaban J connectivity index is 0.000000415. The molecule has 0 saturated carbocycles. The van der Waals surface area contributed by atoms with Gasteiger partial charge in [0, 0.05) is 13.7 Å². The molecular formula is C13H22N2O3S. The van der Waals surface area contributed by atoms with Crippen molar-refractivity contribution in [1.82, 2.24) is 4.72 Å². The van der Waals surface area contributed by atoms with Crippen molar-refractivity contribution in [2.75, 3.05) is 18.6 Å². The predicted octanol–water partition coefficient (Wildman–Crippen LogP) is 1.54. The molecule has 2 aliphatic rings. The first-order valence-corrected chi connectivity index (χ1v) is 7.99. The number of aliphatic hydroxyl groups excluding tert-OH is 1. The number of hydrogen-bond acceptors (Lipinski definition) is 4. The number of sulfonamides is 1. The van der Waals surface area contributed by atoms with Crippen LogP contribution in [0.2, 0.25) is 0 Å². The summed E-state index contributed by atoms with van der Waals surface area (Å²) in [7, 11) is -2.29. The van der Waals surface area contributed by atoms with Crippen LogP contribution in [-0.2, 0) is 10.0 Å². The lowest BCUT2D eigenvalue weighted by atomic mass is 10.3. The Hall–Kier alpha value is -1.11. The van der Waals surface area contributed by atoms with E-state index in [0.29, 0.717) is 4.90 Å². The van der Waals surface area contributed by atoms with Gasteiger partial charge in [-0.05, 0) is 25.0 Å². The van der Waals surface area contributed by atoms with Gasteiger partial charge < -0.3 is 10.0 Å². The highest BCUT2D eigenvalue weighted by molar-refractivity contribution is 7.89. The maximum absolute atomic E-state index is 11.9. The van der Waals surface area contributed by atoms with Crippen LogP contribution < -0.4 is 9.62 Å². The Labute approximate surface area is 115 Å². The average Bonchev–Trinajstić information content (AvgIpc) is 2.91. The highest BCUT2D eigenvalue weighted by atomic mass is 32.2. The molecule has 0 spiro atoms. The Kier molecular flexibility index (Phi) is 5.78. The molecule has 1 atom stereocenters. The predicted molar refractivity (Wildman–Crippen MR) is 76.6 cm³/mol. The molecule has 1 saturated heterocycles. The molecule has 6 heteroatoms. The first-order valence-electron chi connectivity index (χ1n) is 6.51. The molecule has 0 aliphatic carbocycles. The molecule has 19 heavy (non-hydrogen) atoms. The zero-order valence-corrected chi connectivity index (χ0v) is 12.4. The number of nitrogens with zero attached hydrogens (tertiary/aromatic N) is 1. The number of fused-ring (bicyclic) bond motifs is 3. The van der Waals surface area contributed by atoms with Gasteiger partial charge >= 0.3 is 0 Å². The smallest absolute Gasteiger partial charge is 0.244 e. The third-order valence-electron chi connectivity index (χ3n) is 3.01. The van der Waals surface area contributed by atoms with Gasteiger partial charge in [0.25, 0.3) is 0 Å². The SMILES string of the molecule is CC.CO.O=S1(=O)NC2CCCN2c2ccccc21. The fourth-order valence-electron chi connectivity index (χ4n) is 2.34. The number of para-hydroxylation sites is 1. The molecule has 108 valence electrons. The summed E-state index contributed by atoms with van der Waals surface area (Å²) in [4.78, 5) is 2.54. The van der Waals surface area contributed by atoms with E-state index in [1.165, 1.54) is 0 Å². The maximum Gasteiger partial charge on any atom is 0.244 e. The van der Waals surface area contributed by atoms with E-state index in [1.54, 1.807) is 12.1 Å². The van der Waals surface area contributed by atoms with Crippen molar-refractivity contribution in [1.29, 1.82) is 0 Å². The lowest BCUT2D eigenvalue weighted by Crippen LogP contribution is -2.48. The van der Waals surface area contributed by atoms with Gasteiger partial charge in [-0.3, -0.25) is 0 Å². The molecule has 1 fully saturated rings. The standard InChI is InChI=1S/C10H12N2O2S.C2H6.CH4O/c13-15(14)9-5-2-1-4-8(9)12-7-3-6-10(12)11-15;2*1-2/h1-2,4-5,10-11H,3,6-7H2;1-2H3;2H,1H3. The highest BCUT2D eigenvalue weighted by Crippen LogP contribution is 2.34. The number of benzene rings is 1. The normalized spacial score (nSPS) is 22.1. The van der Waals surface area contributed by atoms with Gasteiger partial charge in [-0.15, -0.1) is 0 Å². The van der Waals surface area contributed by atoms with E-state index in [4.69, 9.17) is 5.11 Å². The highest BCUT2D eigenvalue weighted by Gasteiger charge is 2.37. The van der Waals surface area contributed by atoms with Crippen LogP contribution >= 0.6 is 0 Å². The molecule has 0 radical (unpaired) electrons. The van der Waals surface area contributed by atoms with Crippen LogP contribution in [0.3, 0.4) is 0 Å². The molecule has 2 aliphatic heterocycles. The number of rotatable bonds is 0. The summed E-state index contributed by atoms with van der Waals surface area (Å²) in [6, 6.07) is 7.18. The minimum absolute atomic E-state index is 0.0371. The molecule has 0 bridgehead atoms. The Bertz CT molecular complexity index is 502. The summed E-state index contributed by atoms with van der Waals surface area (Å²) in [6.45, 7) is 4.93. The van der Waals surface area contributed by atoms with Crippen molar-refractivity contribution in [3.8, 4) is 0 Å². The zero-order valence-electron chi connectivity index (χ0n) is 11.6. The molecule has 0 aromatic heterocycles. The molecule has 2 N–H and O–H groups in total. The van der Waals surface area contributed by atoms with E-state index in [-0.39, 0.29) is 6.17 Å². The minimum atomic E-state index is -3.29. The number of hydrogen-bond donors (Lipinski definition) is 2. The number of aliphatic hydroxyl groups is 1. The van der Waals surface area contributed by atoms with E-state index in [2.05, 4.69) is 9.62 Å². The third-order valence-corrected chi connectivity index (χ3v) is 4.51. The summed E-state index contributed by atoms with van der Waals surface area (Å²) < 4.78 is 26.5. The Morgan fingerprint density at radius 1 is 1.26 bits per heavy atom. The van der Waals surface area contributed by atoms with Gasteiger partial charge in [0.2, 0.25) is 10.0 Å². The fraction of sp³-hybridized carbons (Fsp3) is 0.538. The molecule has 5 nitrogen and oxygen atoms in total. The molecule has 0 amide bonds. The molecular weight excluding hydrogens is 264 g/mol. The lowest BCUT2D eigenvalue weighted by Gasteiger charge is -2.33. The summed E-state index contributed by atoms with van der Waals surface area (Å²) in [5, 5.41) is 7.00. The second kappa shape index (κ2) is 6.88. The van der Waals surface area contributed by atoms with Gasteiger partial charge in [-0.1, -0.05) is 26.0 Å². The zero-order chi connectivity index (χ0) is 14.5. The number of anilines is 1. The van der Waals surface area contributed by atoms with Crippen molar-refractivity contribution in [2.24, 2.45) is 0 Å². The second-order valence-electron chi connectivity index (χ2n) is 3.94. The fourth-order valence-corrected chi connectivity index (χ4v) is 3.79. The third kappa shape index (κ3) is 3.08. The van der Waals surface area contributed by atoms with Gasteiger partial charge in [0.05, 0.1) is 11.9 Å². The van der Waals surface area contributed by atoms with E-state index in [0.717, 1.165) is 32.2 Å². The van der Waals surface area contributed by atoms with Gasteiger partial charge in [0.1, 0.15) is 4.90 Å². The monoisotopic (exact) mass is 286 g/mol. The van der Waals surface area contributed by atoms with Crippen LogP contribution in [0, 0.1) is 0 Å². The van der Waals surface area contributed by atoms with Crippen LogP contribution in [0.1, 0.15) is 26.7 Å². The molecule has 2 heterocycles. The van der Waals surface area contributed by atoms with E-state index >= 15 is 0 Å². The summed E-state index contributed by atoms with van der Waals surface area (Å²) in [5.74, 6) is 0. The molecule has 3 rings (SSSR count). The van der Waals surface area contributed by atoms with E-state index in [9.17, 15) is 8.42 Å². The van der Waals surface area contributed by atoms with E-state index in [1.807, 2.05) is 26.0 Å². The summed E-state index contributed by atoms with van der Waals surface area (Å²) >= 11 is 0. The number of nitrogens with one attached hydrogen (secondary N) is 1. The van der Waals surface area contributed by atoms with Crippen molar-refractivity contribution >= 4 is 15.7 Å². The topological polar surface area (TPSA) is 69.6 Å². The lowest BCUT2D eigenvalue weighted by molar-refractivity contribution is 0.399. The van der Waals surface area contributed by atoms with Gasteiger partial charge in [0.15, 0.2) is 0 Å². The Morgan fingerprint density at radius 2 is 1.89 bits per heavy atom. The van der Waals surface area contributed by atoms with Crippen molar-refractivity contribution in [3.05, 3.63) is 24.3 Å². The van der Waals surface area contributed by atoms with Crippen molar-refractivity contribution in [3.63, 3.8) is 0 Å². The quantitative estimate of drug-likeness (QED) is 0.759. The van der Waals surface area contributed by atoms with Gasteiger partial charge in [-0.2, -0.15) is 4.72 Å². The van der Waals surface area contributed by atoms with Crippen LogP contribution in [0.4, 0.5) is 5.69 Å². The first kappa shape index (κ1) is 15.9. The summed E-state index contributed by atoms with van der Waals surface area (Å²) in [5.41, 5.74) is 0.846. The first-order chi connectivity index (χ1) is 9.18. The van der Waals surface area contributed by atoms with Gasteiger partial charge in [-0.25, -0.2) is 8.42 Å². The molecule has 1 unspecified atom stereocenters. The van der Waals surface area contributed by atoms with Crippen LogP contribution in [0.25, 0.3) is 0 Å². The second-order valence-corrected chi connectivity index (χ2v) is 5.62. The largest absolute Gasteiger partial charge is 0.400 e. The van der Waals surface area contributed by atoms with E-state index < -0.39 is 10.0 Å². The van der Waals surface area contributed by atoms with Crippen molar-refractivity contribution in [2.45, 2.75) is 37.8 Å². The maximum atomic E-state index is 11.9. The molecule has 1 aromatic rings. The van der Waals surface area contributed by atoms with Crippen molar-refractivity contribution < 1.29 is 13.5 Å². The van der Waals surface area contributed by atoms with Crippen LogP contribution in [0.15, 0.2) is 29.2 Å². The van der Waals surface area contributed by atoms with Crippen LogP contribution in [0.5, 0.6) is 0 Å². The summed E-state index contributed by atoms with van der Waals surface area (Å²) in [6.07, 6.45) is 1.90.